The number of carbonyl (C=O) groups is 4. The van der Waals surface area contributed by atoms with E-state index in [0.29, 0.717) is 29.5 Å². The van der Waals surface area contributed by atoms with Crippen LogP contribution in [0.4, 0.5) is 10.6 Å². The third kappa shape index (κ3) is 8.43. The number of piperidine rings is 1. The second kappa shape index (κ2) is 13.8. The van der Waals surface area contributed by atoms with Crippen molar-refractivity contribution in [3.05, 3.63) is 46.1 Å². The van der Waals surface area contributed by atoms with Gasteiger partial charge in [-0.1, -0.05) is 29.8 Å². The number of hydrogen-bond donors (Lipinski definition) is 2. The lowest BCUT2D eigenvalue weighted by molar-refractivity contribution is -0.145. The summed E-state index contributed by atoms with van der Waals surface area (Å²) >= 11 is 6.50. The van der Waals surface area contributed by atoms with Gasteiger partial charge < -0.3 is 29.7 Å². The largest absolute Gasteiger partial charge is 0.467 e. The number of ether oxygens (including phenoxy) is 3. The van der Waals surface area contributed by atoms with Crippen molar-refractivity contribution in [2.45, 2.75) is 71.4 Å². The first-order valence-electron chi connectivity index (χ1n) is 13.3. The van der Waals surface area contributed by atoms with Gasteiger partial charge in [-0.25, -0.2) is 14.3 Å². The van der Waals surface area contributed by atoms with Crippen molar-refractivity contribution >= 4 is 41.2 Å². The molecule has 1 fully saturated rings. The standard InChI is InChI=1S/C28H38ClN5O7/c1-17(35)22(26(37)40-6)31-25(36)23-20(14-18-10-7-8-12-21(18)29)24(32-34(23)16-39-5)33-13-9-11-19(15-33)30-27(38)41-28(2,3)4/h7-8,10,12,19,22H,9,11,13-16H2,1-6H3,(H,30,38)(H,31,36)/t19-,22?/m1/s1. The number of alkyl carbamates (subject to hydrolysis) is 1. The van der Waals surface area contributed by atoms with Crippen LogP contribution >= 0.6 is 11.6 Å². The van der Waals surface area contributed by atoms with Gasteiger partial charge in [-0.15, -0.1) is 0 Å². The molecule has 1 aromatic heterocycles. The first kappa shape index (κ1) is 31.9. The van der Waals surface area contributed by atoms with Crippen molar-refractivity contribution in [3.63, 3.8) is 0 Å². The maximum absolute atomic E-state index is 13.7. The maximum atomic E-state index is 13.7. The molecule has 1 aliphatic rings. The van der Waals surface area contributed by atoms with Crippen molar-refractivity contribution in [2.24, 2.45) is 0 Å². The highest BCUT2D eigenvalue weighted by atomic mass is 35.5. The number of Topliss-reactive ketones (excluding diaryl/α,β-unsaturated/α-hetero) is 1. The molecule has 41 heavy (non-hydrogen) atoms. The van der Waals surface area contributed by atoms with Crippen LogP contribution < -0.4 is 15.5 Å². The fourth-order valence-corrected chi connectivity index (χ4v) is 4.81. The van der Waals surface area contributed by atoms with Crippen LogP contribution in [-0.4, -0.2) is 78.5 Å². The van der Waals surface area contributed by atoms with Gasteiger partial charge in [0, 0.05) is 43.2 Å². The van der Waals surface area contributed by atoms with E-state index in [2.05, 4.69) is 10.6 Å². The number of nitrogens with zero attached hydrogens (tertiary/aromatic N) is 3. The number of amides is 2. The molecule has 0 saturated carbocycles. The summed E-state index contributed by atoms with van der Waals surface area (Å²) < 4.78 is 16.9. The summed E-state index contributed by atoms with van der Waals surface area (Å²) in [7, 11) is 2.60. The van der Waals surface area contributed by atoms with Gasteiger partial charge in [0.25, 0.3) is 5.91 Å². The molecule has 224 valence electrons. The molecule has 0 bridgehead atoms. The molecule has 0 radical (unpaired) electrons. The molecule has 1 aliphatic heterocycles. The van der Waals surface area contributed by atoms with Crippen molar-refractivity contribution < 1.29 is 33.4 Å². The van der Waals surface area contributed by atoms with Crippen LogP contribution in [0.5, 0.6) is 0 Å². The number of carbonyl (C=O) groups excluding carboxylic acids is 4. The van der Waals surface area contributed by atoms with Crippen molar-refractivity contribution in [1.29, 1.82) is 0 Å². The van der Waals surface area contributed by atoms with Gasteiger partial charge in [0.05, 0.1) is 7.11 Å². The van der Waals surface area contributed by atoms with Crippen LogP contribution in [0.2, 0.25) is 5.02 Å². The molecule has 2 amide bonds. The second-order valence-corrected chi connectivity index (χ2v) is 11.2. The Bertz CT molecular complexity index is 1270. The lowest BCUT2D eigenvalue weighted by Crippen LogP contribution is -2.49. The summed E-state index contributed by atoms with van der Waals surface area (Å²) in [5, 5.41) is 10.7. The minimum atomic E-state index is -1.49. The zero-order chi connectivity index (χ0) is 30.3. The van der Waals surface area contributed by atoms with E-state index in [-0.39, 0.29) is 24.9 Å². The van der Waals surface area contributed by atoms with E-state index in [4.69, 9.17) is 30.9 Å². The molecule has 2 aromatic rings. The number of benzene rings is 1. The average molecular weight is 592 g/mol. The van der Waals surface area contributed by atoms with Crippen molar-refractivity contribution in [1.82, 2.24) is 20.4 Å². The number of anilines is 1. The predicted octanol–water partition coefficient (Wildman–Crippen LogP) is 3.09. The Morgan fingerprint density at radius 1 is 1.17 bits per heavy atom. The molecule has 1 unspecified atom stereocenters. The van der Waals surface area contributed by atoms with E-state index in [1.54, 1.807) is 32.9 Å². The van der Waals surface area contributed by atoms with Crippen molar-refractivity contribution in [3.8, 4) is 0 Å². The number of rotatable bonds is 10. The third-order valence-electron chi connectivity index (χ3n) is 6.38. The summed E-state index contributed by atoms with van der Waals surface area (Å²) in [5.41, 5.74) is 0.749. The summed E-state index contributed by atoms with van der Waals surface area (Å²) in [6.45, 7) is 7.54. The number of halogens is 1. The topological polar surface area (TPSA) is 141 Å². The van der Waals surface area contributed by atoms with E-state index < -0.39 is 35.4 Å². The van der Waals surface area contributed by atoms with Gasteiger partial charge in [0.1, 0.15) is 18.0 Å². The monoisotopic (exact) mass is 591 g/mol. The molecule has 1 aromatic carbocycles. The molecule has 0 spiro atoms. The van der Waals surface area contributed by atoms with E-state index in [9.17, 15) is 19.2 Å². The number of methoxy groups -OCH3 is 2. The number of hydrogen-bond acceptors (Lipinski definition) is 9. The smallest absolute Gasteiger partial charge is 0.407 e. The maximum Gasteiger partial charge on any atom is 0.407 e. The number of nitrogens with one attached hydrogen (secondary N) is 2. The van der Waals surface area contributed by atoms with Crippen LogP contribution in [0.1, 0.15) is 62.2 Å². The van der Waals surface area contributed by atoms with E-state index in [0.717, 1.165) is 25.5 Å². The zero-order valence-electron chi connectivity index (χ0n) is 24.3. The predicted molar refractivity (Wildman–Crippen MR) is 152 cm³/mol. The van der Waals surface area contributed by atoms with Gasteiger partial charge in [-0.3, -0.25) is 9.59 Å². The second-order valence-electron chi connectivity index (χ2n) is 10.8. The van der Waals surface area contributed by atoms with E-state index in [1.807, 2.05) is 17.0 Å². The zero-order valence-corrected chi connectivity index (χ0v) is 25.0. The van der Waals surface area contributed by atoms with Gasteiger partial charge >= 0.3 is 12.1 Å². The molecular formula is C28H38ClN5O7. The highest BCUT2D eigenvalue weighted by molar-refractivity contribution is 6.31. The first-order chi connectivity index (χ1) is 19.3. The van der Waals surface area contributed by atoms with Gasteiger partial charge in [0.2, 0.25) is 0 Å². The number of aromatic nitrogens is 2. The molecule has 12 nitrogen and oxygen atoms in total. The fourth-order valence-electron chi connectivity index (χ4n) is 4.61. The Hall–Kier alpha value is -3.64. The summed E-state index contributed by atoms with van der Waals surface area (Å²) in [4.78, 5) is 52.6. The number of ketones is 1. The molecule has 2 N–H and O–H groups in total. The lowest BCUT2D eigenvalue weighted by Gasteiger charge is -2.34. The Balaban J connectivity index is 2.04. The molecule has 0 aliphatic carbocycles. The number of esters is 1. The van der Waals surface area contributed by atoms with E-state index >= 15 is 0 Å². The minimum Gasteiger partial charge on any atom is -0.467 e. The molecule has 2 heterocycles. The highest BCUT2D eigenvalue weighted by Gasteiger charge is 2.34. The van der Waals surface area contributed by atoms with Gasteiger partial charge in [0.15, 0.2) is 17.6 Å². The van der Waals surface area contributed by atoms with Crippen LogP contribution in [0, 0.1) is 0 Å². The lowest BCUT2D eigenvalue weighted by atomic mass is 10.0. The van der Waals surface area contributed by atoms with Crippen LogP contribution in [-0.2, 0) is 37.0 Å². The van der Waals surface area contributed by atoms with Gasteiger partial charge in [-0.05, 0) is 52.2 Å². The van der Waals surface area contributed by atoms with E-state index in [1.165, 1.54) is 18.7 Å². The molecule has 1 saturated heterocycles. The normalized spacial score (nSPS) is 16.1. The van der Waals surface area contributed by atoms with Crippen LogP contribution in [0.15, 0.2) is 24.3 Å². The Labute approximate surface area is 244 Å². The molecular weight excluding hydrogens is 554 g/mol. The van der Waals surface area contributed by atoms with Crippen molar-refractivity contribution in [2.75, 3.05) is 32.2 Å². The van der Waals surface area contributed by atoms with Crippen LogP contribution in [0.25, 0.3) is 0 Å². The van der Waals surface area contributed by atoms with Gasteiger partial charge in [-0.2, -0.15) is 5.10 Å². The first-order valence-corrected chi connectivity index (χ1v) is 13.7. The minimum absolute atomic E-state index is 0.0747. The molecule has 2 atom stereocenters. The summed E-state index contributed by atoms with van der Waals surface area (Å²) in [6, 6.07) is 5.52. The third-order valence-corrected chi connectivity index (χ3v) is 6.75. The Morgan fingerprint density at radius 3 is 2.49 bits per heavy atom. The van der Waals surface area contributed by atoms with Crippen LogP contribution in [0.3, 0.4) is 0 Å². The fraction of sp³-hybridized carbons (Fsp3) is 0.536. The summed E-state index contributed by atoms with van der Waals surface area (Å²) in [6.07, 6.45) is 1.20. The average Bonchev–Trinajstić information content (AvgIpc) is 3.24. The highest BCUT2D eigenvalue weighted by Crippen LogP contribution is 2.31. The Morgan fingerprint density at radius 2 is 1.88 bits per heavy atom. The molecule has 13 heteroatoms. The summed E-state index contributed by atoms with van der Waals surface area (Å²) in [5.74, 6) is -1.67. The molecule has 3 rings (SSSR count). The Kier molecular flexibility index (Phi) is 10.7. The SMILES string of the molecule is COCn1nc(N2CCC[C@@H](NC(=O)OC(C)(C)C)C2)c(Cc2ccccc2Cl)c1C(=O)NC(C(C)=O)C(=O)OC. The quantitative estimate of drug-likeness (QED) is 0.315.